The molecule has 0 radical (unpaired) electrons. The maximum atomic E-state index is 6.46. The largest absolute Gasteiger partial charge is 0.456 e. The van der Waals surface area contributed by atoms with Crippen LogP contribution in [0.2, 0.25) is 0 Å². The highest BCUT2D eigenvalue weighted by atomic mass is 16.3. The molecule has 288 valence electrons. The molecule has 1 aliphatic rings. The Kier molecular flexibility index (Phi) is 7.92. The number of hydrogen-bond acceptors (Lipinski definition) is 2. The SMILES string of the molecule is CC1(C)c2ccccc2-c2cc(-c3ccc(N(c4ccc(-c5cccc6cccc(-c7ccccc7)c56)cc4)c4cccc5ccc6oc7ccccc7c6c45)cc3)ccc21. The van der Waals surface area contributed by atoms with Gasteiger partial charge in [0.1, 0.15) is 11.2 Å². The van der Waals surface area contributed by atoms with Gasteiger partial charge < -0.3 is 9.32 Å². The van der Waals surface area contributed by atoms with Crippen molar-refractivity contribution in [3.8, 4) is 44.5 Å². The number of rotatable bonds is 6. The molecule has 1 heterocycles. The molecule has 0 saturated carbocycles. The molecule has 0 amide bonds. The van der Waals surface area contributed by atoms with Crippen LogP contribution in [0.3, 0.4) is 0 Å². The first-order valence-corrected chi connectivity index (χ1v) is 21.2. The second kappa shape index (κ2) is 13.7. The summed E-state index contributed by atoms with van der Waals surface area (Å²) in [6, 6.07) is 77.4. The molecule has 2 heteroatoms. The third-order valence-electron chi connectivity index (χ3n) is 13.1. The Bertz CT molecular complexity index is 3480. The highest BCUT2D eigenvalue weighted by molar-refractivity contribution is 6.23. The van der Waals surface area contributed by atoms with Gasteiger partial charge in [0.15, 0.2) is 0 Å². The second-order valence-corrected chi connectivity index (χ2v) is 16.8. The van der Waals surface area contributed by atoms with Crippen LogP contribution in [0.4, 0.5) is 17.1 Å². The molecule has 1 aliphatic carbocycles. The van der Waals surface area contributed by atoms with E-state index in [-0.39, 0.29) is 5.41 Å². The van der Waals surface area contributed by atoms with Gasteiger partial charge in [-0.25, -0.2) is 0 Å². The monoisotopic (exact) mass is 779 g/mol. The van der Waals surface area contributed by atoms with Crippen molar-refractivity contribution in [1.82, 2.24) is 0 Å². The standard InChI is InChI=1S/C59H41NO/c1-59(2)51-22-8-6-18-48(51)50-37-43(29-35-52(50)59)38-25-31-44(32-26-38)60(53-23-12-17-42-30-36-55-58(57(42)53)49-19-7-9-24-54(49)61-55)45-33-27-40(28-34-45)47-21-11-16-41-15-10-20-46(56(41)47)39-13-4-3-5-14-39/h3-37H,1-2H3. The lowest BCUT2D eigenvalue weighted by molar-refractivity contribution is 0.660. The van der Waals surface area contributed by atoms with Crippen LogP contribution < -0.4 is 4.90 Å². The first-order chi connectivity index (χ1) is 30.0. The highest BCUT2D eigenvalue weighted by Crippen LogP contribution is 2.50. The summed E-state index contributed by atoms with van der Waals surface area (Å²) in [7, 11) is 0. The summed E-state index contributed by atoms with van der Waals surface area (Å²) in [5.41, 5.74) is 17.7. The molecule has 10 aromatic carbocycles. The number of fused-ring (bicyclic) bond motifs is 9. The van der Waals surface area contributed by atoms with Gasteiger partial charge in [0, 0.05) is 32.9 Å². The van der Waals surface area contributed by atoms with Crippen LogP contribution in [0.5, 0.6) is 0 Å². The van der Waals surface area contributed by atoms with Crippen molar-refractivity contribution in [1.29, 1.82) is 0 Å². The molecular formula is C59H41NO. The maximum absolute atomic E-state index is 6.46. The lowest BCUT2D eigenvalue weighted by Crippen LogP contribution is -2.14. The second-order valence-electron chi connectivity index (χ2n) is 16.8. The predicted molar refractivity (Wildman–Crippen MR) is 257 cm³/mol. The maximum Gasteiger partial charge on any atom is 0.136 e. The summed E-state index contributed by atoms with van der Waals surface area (Å²) in [4.78, 5) is 2.41. The van der Waals surface area contributed by atoms with Crippen molar-refractivity contribution in [3.63, 3.8) is 0 Å². The topological polar surface area (TPSA) is 16.4 Å². The van der Waals surface area contributed by atoms with Crippen molar-refractivity contribution < 1.29 is 4.42 Å². The molecule has 0 aliphatic heterocycles. The minimum absolute atomic E-state index is 0.0215. The number of para-hydroxylation sites is 1. The van der Waals surface area contributed by atoms with Crippen molar-refractivity contribution >= 4 is 60.5 Å². The molecule has 0 fully saturated rings. The van der Waals surface area contributed by atoms with Gasteiger partial charge >= 0.3 is 0 Å². The fourth-order valence-electron chi connectivity index (χ4n) is 10.1. The summed E-state index contributed by atoms with van der Waals surface area (Å²) < 4.78 is 6.46. The first kappa shape index (κ1) is 35.3. The Balaban J connectivity index is 1.02. The summed E-state index contributed by atoms with van der Waals surface area (Å²) in [5, 5.41) is 7.08. The molecule has 2 nitrogen and oxygen atoms in total. The summed E-state index contributed by atoms with van der Waals surface area (Å²) >= 11 is 0. The molecule has 1 aromatic heterocycles. The van der Waals surface area contributed by atoms with Gasteiger partial charge in [0.2, 0.25) is 0 Å². The molecular weight excluding hydrogens is 739 g/mol. The zero-order valence-corrected chi connectivity index (χ0v) is 34.1. The predicted octanol–water partition coefficient (Wildman–Crippen LogP) is 16.7. The van der Waals surface area contributed by atoms with Crippen LogP contribution in [0.25, 0.3) is 88.0 Å². The molecule has 11 aromatic rings. The quantitative estimate of drug-likeness (QED) is 0.167. The lowest BCUT2D eigenvalue weighted by atomic mass is 9.82. The molecule has 12 rings (SSSR count). The number of furan rings is 1. The van der Waals surface area contributed by atoms with Crippen LogP contribution >= 0.6 is 0 Å². The zero-order chi connectivity index (χ0) is 40.7. The van der Waals surface area contributed by atoms with Crippen molar-refractivity contribution in [3.05, 3.63) is 223 Å². The van der Waals surface area contributed by atoms with Gasteiger partial charge in [-0.15, -0.1) is 0 Å². The number of anilines is 3. The summed E-state index contributed by atoms with van der Waals surface area (Å²) in [5.74, 6) is 0. The minimum atomic E-state index is -0.0215. The van der Waals surface area contributed by atoms with Gasteiger partial charge in [-0.2, -0.15) is 0 Å². The average molecular weight is 780 g/mol. The smallest absolute Gasteiger partial charge is 0.136 e. The number of benzene rings is 10. The molecule has 0 N–H and O–H groups in total. The lowest BCUT2D eigenvalue weighted by Gasteiger charge is -2.27. The van der Waals surface area contributed by atoms with Crippen LogP contribution in [0, 0.1) is 0 Å². The third kappa shape index (κ3) is 5.56. The fourth-order valence-corrected chi connectivity index (χ4v) is 10.1. The van der Waals surface area contributed by atoms with Gasteiger partial charge in [-0.05, 0) is 120 Å². The Morgan fingerprint density at radius 2 is 0.934 bits per heavy atom. The Labute approximate surface area is 355 Å². The average Bonchev–Trinajstić information content (AvgIpc) is 3.81. The van der Waals surface area contributed by atoms with E-state index in [0.717, 1.165) is 39.0 Å². The van der Waals surface area contributed by atoms with E-state index >= 15 is 0 Å². The van der Waals surface area contributed by atoms with E-state index in [2.05, 4.69) is 225 Å². The van der Waals surface area contributed by atoms with Gasteiger partial charge in [-0.3, -0.25) is 0 Å². The van der Waals surface area contributed by atoms with Crippen LogP contribution in [0.1, 0.15) is 25.0 Å². The van der Waals surface area contributed by atoms with E-state index in [1.54, 1.807) is 0 Å². The molecule has 0 spiro atoms. The van der Waals surface area contributed by atoms with E-state index < -0.39 is 0 Å². The molecule has 0 unspecified atom stereocenters. The first-order valence-electron chi connectivity index (χ1n) is 21.2. The van der Waals surface area contributed by atoms with E-state index in [4.69, 9.17) is 4.42 Å². The van der Waals surface area contributed by atoms with E-state index in [0.29, 0.717) is 0 Å². The molecule has 0 bridgehead atoms. The molecule has 0 atom stereocenters. The van der Waals surface area contributed by atoms with E-state index in [9.17, 15) is 0 Å². The van der Waals surface area contributed by atoms with Gasteiger partial charge in [-0.1, -0.05) is 178 Å². The molecule has 61 heavy (non-hydrogen) atoms. The van der Waals surface area contributed by atoms with Gasteiger partial charge in [0.25, 0.3) is 0 Å². The fraction of sp³-hybridized carbons (Fsp3) is 0.0508. The Hall–Kier alpha value is -7.68. The number of nitrogens with zero attached hydrogens (tertiary/aromatic N) is 1. The van der Waals surface area contributed by atoms with Crippen LogP contribution in [0.15, 0.2) is 217 Å². The zero-order valence-electron chi connectivity index (χ0n) is 34.1. The van der Waals surface area contributed by atoms with E-state index in [1.165, 1.54) is 77.2 Å². The highest BCUT2D eigenvalue weighted by Gasteiger charge is 2.35. The van der Waals surface area contributed by atoms with Crippen molar-refractivity contribution in [2.45, 2.75) is 19.3 Å². The Morgan fingerprint density at radius 1 is 0.361 bits per heavy atom. The molecule has 0 saturated heterocycles. The third-order valence-corrected chi connectivity index (χ3v) is 13.1. The summed E-state index contributed by atoms with van der Waals surface area (Å²) in [6.07, 6.45) is 0. The number of hydrogen-bond donors (Lipinski definition) is 0. The minimum Gasteiger partial charge on any atom is -0.456 e. The van der Waals surface area contributed by atoms with E-state index in [1.807, 2.05) is 6.07 Å². The van der Waals surface area contributed by atoms with Gasteiger partial charge in [0.05, 0.1) is 5.69 Å². The summed E-state index contributed by atoms with van der Waals surface area (Å²) in [6.45, 7) is 4.68. The Morgan fingerprint density at radius 3 is 1.69 bits per heavy atom. The van der Waals surface area contributed by atoms with Crippen molar-refractivity contribution in [2.75, 3.05) is 4.90 Å². The van der Waals surface area contributed by atoms with Crippen LogP contribution in [-0.2, 0) is 5.41 Å². The van der Waals surface area contributed by atoms with Crippen LogP contribution in [-0.4, -0.2) is 0 Å². The van der Waals surface area contributed by atoms with Crippen molar-refractivity contribution in [2.24, 2.45) is 0 Å². The normalized spacial score (nSPS) is 12.9.